The first-order valence-electron chi connectivity index (χ1n) is 7.71. The summed E-state index contributed by atoms with van der Waals surface area (Å²) in [5.74, 6) is 1.07. The van der Waals surface area contributed by atoms with E-state index < -0.39 is 0 Å². The molecule has 0 aliphatic carbocycles. The molecule has 0 bridgehead atoms. The lowest BCUT2D eigenvalue weighted by Crippen LogP contribution is -2.47. The topological polar surface area (TPSA) is 24.3 Å². The molecule has 0 N–H and O–H groups in total. The van der Waals surface area contributed by atoms with Crippen molar-refractivity contribution in [2.75, 3.05) is 4.90 Å². The van der Waals surface area contributed by atoms with Crippen molar-refractivity contribution in [3.05, 3.63) is 60.4 Å². The Morgan fingerprint density at radius 3 is 2.50 bits per heavy atom. The number of benzene rings is 1. The molecule has 4 nitrogen and oxygen atoms in total. The Bertz CT molecular complexity index is 699. The zero-order valence-corrected chi connectivity index (χ0v) is 14.0. The first-order chi connectivity index (χ1) is 10.4. The normalized spacial score (nSPS) is 18.3. The average molecular weight is 296 g/mol. The van der Waals surface area contributed by atoms with Crippen LogP contribution in [0, 0.1) is 6.92 Å². The standard InChI is InChI=1S/C18H24N4/c1-14-8-6-7-9-16(14)21-12-13-22(15(21)2)18(3,4)17-19-10-11-20(17)5/h6-13,15H,1-5H3/t15-/m1/s1. The second kappa shape index (κ2) is 5.20. The lowest BCUT2D eigenvalue weighted by molar-refractivity contribution is 0.140. The Labute approximate surface area is 132 Å². The summed E-state index contributed by atoms with van der Waals surface area (Å²) in [6, 6.07) is 8.50. The maximum Gasteiger partial charge on any atom is 0.133 e. The third kappa shape index (κ3) is 2.19. The number of imidazole rings is 1. The van der Waals surface area contributed by atoms with Crippen molar-refractivity contribution in [3.8, 4) is 0 Å². The van der Waals surface area contributed by atoms with Gasteiger partial charge in [-0.15, -0.1) is 0 Å². The smallest absolute Gasteiger partial charge is 0.133 e. The van der Waals surface area contributed by atoms with E-state index in [1.54, 1.807) is 0 Å². The summed E-state index contributed by atoms with van der Waals surface area (Å²) in [5.41, 5.74) is 2.37. The second-order valence-corrected chi connectivity index (χ2v) is 6.45. The molecule has 2 heterocycles. The third-order valence-electron chi connectivity index (χ3n) is 4.60. The van der Waals surface area contributed by atoms with E-state index in [4.69, 9.17) is 0 Å². The molecule has 1 aromatic heterocycles. The van der Waals surface area contributed by atoms with Gasteiger partial charge in [-0.3, -0.25) is 0 Å². The molecular formula is C18H24N4. The fourth-order valence-electron chi connectivity index (χ4n) is 3.39. The molecule has 1 aliphatic rings. The quantitative estimate of drug-likeness (QED) is 0.865. The van der Waals surface area contributed by atoms with Crippen molar-refractivity contribution in [3.63, 3.8) is 0 Å². The van der Waals surface area contributed by atoms with E-state index in [0.29, 0.717) is 0 Å². The van der Waals surface area contributed by atoms with Gasteiger partial charge < -0.3 is 14.4 Å². The van der Waals surface area contributed by atoms with Gasteiger partial charge in [0.1, 0.15) is 12.0 Å². The van der Waals surface area contributed by atoms with Crippen LogP contribution in [0.3, 0.4) is 0 Å². The van der Waals surface area contributed by atoms with Crippen LogP contribution in [0.25, 0.3) is 0 Å². The summed E-state index contributed by atoms with van der Waals surface area (Å²) in [5, 5.41) is 0. The van der Waals surface area contributed by atoms with Crippen LogP contribution in [0.2, 0.25) is 0 Å². The van der Waals surface area contributed by atoms with Gasteiger partial charge in [0.15, 0.2) is 0 Å². The predicted octanol–water partition coefficient (Wildman–Crippen LogP) is 3.60. The second-order valence-electron chi connectivity index (χ2n) is 6.45. The van der Waals surface area contributed by atoms with Crippen molar-refractivity contribution in [1.82, 2.24) is 14.5 Å². The Kier molecular flexibility index (Phi) is 3.47. The summed E-state index contributed by atoms with van der Waals surface area (Å²) >= 11 is 0. The molecule has 1 aliphatic heterocycles. The highest BCUT2D eigenvalue weighted by Crippen LogP contribution is 2.35. The molecule has 0 radical (unpaired) electrons. The lowest BCUT2D eigenvalue weighted by atomic mass is 10.0. The number of aryl methyl sites for hydroxylation is 2. The van der Waals surface area contributed by atoms with Crippen LogP contribution in [0.5, 0.6) is 0 Å². The molecule has 0 saturated heterocycles. The van der Waals surface area contributed by atoms with Crippen LogP contribution in [0.4, 0.5) is 5.69 Å². The van der Waals surface area contributed by atoms with Crippen LogP contribution in [0.1, 0.15) is 32.2 Å². The van der Waals surface area contributed by atoms with Crippen molar-refractivity contribution in [2.45, 2.75) is 39.4 Å². The number of aromatic nitrogens is 2. The molecular weight excluding hydrogens is 272 g/mol. The summed E-state index contributed by atoms with van der Waals surface area (Å²) in [7, 11) is 2.05. The molecule has 0 unspecified atom stereocenters. The van der Waals surface area contributed by atoms with Crippen LogP contribution in [-0.4, -0.2) is 20.6 Å². The zero-order chi connectivity index (χ0) is 15.9. The van der Waals surface area contributed by atoms with Crippen LogP contribution >= 0.6 is 0 Å². The van der Waals surface area contributed by atoms with Gasteiger partial charge in [0.25, 0.3) is 0 Å². The van der Waals surface area contributed by atoms with Gasteiger partial charge in [-0.1, -0.05) is 18.2 Å². The largest absolute Gasteiger partial charge is 0.344 e. The minimum Gasteiger partial charge on any atom is -0.344 e. The number of rotatable bonds is 3. The molecule has 1 atom stereocenters. The number of hydrogen-bond donors (Lipinski definition) is 0. The minimum absolute atomic E-state index is 0.175. The molecule has 0 fully saturated rings. The van der Waals surface area contributed by atoms with E-state index in [-0.39, 0.29) is 11.7 Å². The van der Waals surface area contributed by atoms with Crippen molar-refractivity contribution in [2.24, 2.45) is 7.05 Å². The maximum absolute atomic E-state index is 4.55. The maximum atomic E-state index is 4.55. The fraction of sp³-hybridized carbons (Fsp3) is 0.389. The van der Waals surface area contributed by atoms with Gasteiger partial charge in [-0.2, -0.15) is 0 Å². The van der Waals surface area contributed by atoms with E-state index in [1.165, 1.54) is 11.3 Å². The fourth-order valence-corrected chi connectivity index (χ4v) is 3.39. The lowest BCUT2D eigenvalue weighted by Gasteiger charge is -2.41. The Morgan fingerprint density at radius 1 is 1.14 bits per heavy atom. The Hall–Kier alpha value is -2.23. The SMILES string of the molecule is Cc1ccccc1N1C=CN(C(C)(C)c2nccn2C)[C@@H]1C. The summed E-state index contributed by atoms with van der Waals surface area (Å²) < 4.78 is 2.09. The van der Waals surface area contributed by atoms with Gasteiger partial charge in [0.2, 0.25) is 0 Å². The Morgan fingerprint density at radius 2 is 1.86 bits per heavy atom. The zero-order valence-electron chi connectivity index (χ0n) is 14.0. The first-order valence-corrected chi connectivity index (χ1v) is 7.71. The van der Waals surface area contributed by atoms with Gasteiger partial charge in [0.05, 0.1) is 5.54 Å². The van der Waals surface area contributed by atoms with E-state index in [2.05, 4.69) is 83.7 Å². The molecule has 3 rings (SSSR count). The summed E-state index contributed by atoms with van der Waals surface area (Å²) in [4.78, 5) is 9.23. The van der Waals surface area contributed by atoms with Crippen LogP contribution in [0.15, 0.2) is 49.1 Å². The van der Waals surface area contributed by atoms with E-state index >= 15 is 0 Å². The number of anilines is 1. The molecule has 0 amide bonds. The summed E-state index contributed by atoms with van der Waals surface area (Å²) in [6.07, 6.45) is 8.44. The molecule has 0 saturated carbocycles. The van der Waals surface area contributed by atoms with Gasteiger partial charge in [-0.25, -0.2) is 4.98 Å². The molecule has 116 valence electrons. The molecule has 0 spiro atoms. The van der Waals surface area contributed by atoms with Gasteiger partial charge >= 0.3 is 0 Å². The Balaban J connectivity index is 1.92. The van der Waals surface area contributed by atoms with Crippen molar-refractivity contribution < 1.29 is 0 Å². The van der Waals surface area contributed by atoms with Crippen LogP contribution < -0.4 is 4.90 Å². The number of hydrogen-bond acceptors (Lipinski definition) is 3. The number of para-hydroxylation sites is 1. The highest BCUT2D eigenvalue weighted by Gasteiger charge is 2.38. The van der Waals surface area contributed by atoms with E-state index in [0.717, 1.165) is 5.82 Å². The van der Waals surface area contributed by atoms with Crippen molar-refractivity contribution >= 4 is 5.69 Å². The highest BCUT2D eigenvalue weighted by molar-refractivity contribution is 5.57. The van der Waals surface area contributed by atoms with Crippen molar-refractivity contribution in [1.29, 1.82) is 0 Å². The molecule has 4 heteroatoms. The molecule has 22 heavy (non-hydrogen) atoms. The van der Waals surface area contributed by atoms with E-state index in [1.807, 2.05) is 19.4 Å². The molecule has 1 aromatic carbocycles. The summed E-state index contributed by atoms with van der Waals surface area (Å²) in [6.45, 7) is 8.83. The third-order valence-corrected chi connectivity index (χ3v) is 4.60. The van der Waals surface area contributed by atoms with Gasteiger partial charge in [0, 0.05) is 37.5 Å². The average Bonchev–Trinajstić information content (AvgIpc) is 3.06. The monoisotopic (exact) mass is 296 g/mol. The predicted molar refractivity (Wildman–Crippen MR) is 90.3 cm³/mol. The molecule has 2 aromatic rings. The van der Waals surface area contributed by atoms with Gasteiger partial charge in [-0.05, 0) is 39.3 Å². The van der Waals surface area contributed by atoms with Crippen LogP contribution in [-0.2, 0) is 12.6 Å². The van der Waals surface area contributed by atoms with E-state index in [9.17, 15) is 0 Å². The number of nitrogens with zero attached hydrogens (tertiary/aromatic N) is 4. The minimum atomic E-state index is -0.175. The highest BCUT2D eigenvalue weighted by atomic mass is 15.4. The first kappa shape index (κ1) is 14.7.